The molecule has 3 aromatic rings. The highest BCUT2D eigenvalue weighted by Crippen LogP contribution is 2.25. The van der Waals surface area contributed by atoms with E-state index < -0.39 is 21.7 Å². The Morgan fingerprint density at radius 2 is 2.11 bits per heavy atom. The van der Waals surface area contributed by atoms with Gasteiger partial charge in [0.1, 0.15) is 11.4 Å². The molecule has 0 atom stereocenters. The minimum absolute atomic E-state index is 0.0430. The van der Waals surface area contributed by atoms with Crippen LogP contribution in [0.1, 0.15) is 5.56 Å². The molecule has 0 aliphatic heterocycles. The second-order valence-corrected chi connectivity index (χ2v) is 6.95. The molecule has 0 spiro atoms. The molecule has 0 saturated carbocycles. The summed E-state index contributed by atoms with van der Waals surface area (Å²) in [6, 6.07) is 5.98. The van der Waals surface area contributed by atoms with E-state index in [-0.39, 0.29) is 22.9 Å². The number of halogens is 1. The fourth-order valence-corrected chi connectivity index (χ4v) is 3.52. The van der Waals surface area contributed by atoms with Gasteiger partial charge in [-0.15, -0.1) is 0 Å². The Morgan fingerprint density at radius 3 is 2.78 bits per heavy atom. The Balaban J connectivity index is 2.01. The topological polar surface area (TPSA) is 119 Å². The number of aromatic nitrogens is 3. The van der Waals surface area contributed by atoms with E-state index >= 15 is 0 Å². The number of ether oxygens (including phenoxy) is 2. The van der Waals surface area contributed by atoms with Crippen LogP contribution in [0, 0.1) is 17.1 Å². The van der Waals surface area contributed by atoms with Crippen molar-refractivity contribution in [1.82, 2.24) is 14.4 Å². The zero-order valence-electron chi connectivity index (χ0n) is 14.3. The smallest absolute Gasteiger partial charge is 0.280 e. The molecular weight excluding hydrogens is 377 g/mol. The predicted octanol–water partition coefficient (Wildman–Crippen LogP) is 1.75. The van der Waals surface area contributed by atoms with Gasteiger partial charge in [0.15, 0.2) is 16.7 Å². The highest BCUT2D eigenvalue weighted by atomic mass is 32.2. The number of methoxy groups -OCH3 is 2. The lowest BCUT2D eigenvalue weighted by Gasteiger charge is -2.11. The van der Waals surface area contributed by atoms with Crippen molar-refractivity contribution in [3.63, 3.8) is 0 Å². The van der Waals surface area contributed by atoms with Crippen molar-refractivity contribution in [1.29, 1.82) is 5.26 Å². The molecule has 3 rings (SSSR count). The summed E-state index contributed by atoms with van der Waals surface area (Å²) < 4.78 is 53.1. The largest absolute Gasteiger partial charge is 0.497 e. The first-order valence-corrected chi connectivity index (χ1v) is 9.02. The maximum atomic E-state index is 14.3. The van der Waals surface area contributed by atoms with Crippen LogP contribution in [0.4, 0.5) is 10.2 Å². The Morgan fingerprint density at radius 1 is 1.33 bits per heavy atom. The average molecular weight is 391 g/mol. The van der Waals surface area contributed by atoms with Gasteiger partial charge in [-0.3, -0.25) is 9.12 Å². The number of nitrogens with one attached hydrogen (secondary N) is 1. The second-order valence-electron chi connectivity index (χ2n) is 5.32. The summed E-state index contributed by atoms with van der Waals surface area (Å²) >= 11 is 0. The van der Waals surface area contributed by atoms with Crippen LogP contribution in [0.3, 0.4) is 0 Å². The normalized spacial score (nSPS) is 11.2. The first kappa shape index (κ1) is 18.4. The van der Waals surface area contributed by atoms with E-state index in [0.717, 1.165) is 12.3 Å². The highest BCUT2D eigenvalue weighted by molar-refractivity contribution is 7.92. The van der Waals surface area contributed by atoms with Crippen LogP contribution < -0.4 is 14.2 Å². The molecule has 1 N–H and O–H groups in total. The number of hydrogen-bond donors (Lipinski definition) is 1. The molecule has 140 valence electrons. The van der Waals surface area contributed by atoms with E-state index in [2.05, 4.69) is 14.7 Å². The van der Waals surface area contributed by atoms with Gasteiger partial charge >= 0.3 is 0 Å². The van der Waals surface area contributed by atoms with E-state index in [1.54, 1.807) is 12.1 Å². The third-order valence-corrected chi connectivity index (χ3v) is 4.99. The van der Waals surface area contributed by atoms with E-state index in [9.17, 15) is 12.8 Å². The standard InChI is InChI=1S/C16H14FN5O4S/c1-25-11-4-6-22-13(8-11)19-9-14(22)27(23,24)21-15-12(17)7-10(3-5-18)16(20-15)26-2/h4,6-9H,3H2,1-2H3,(H,20,21). The zero-order valence-corrected chi connectivity index (χ0v) is 15.1. The van der Waals surface area contributed by atoms with Crippen molar-refractivity contribution in [2.24, 2.45) is 0 Å². The molecule has 0 saturated heterocycles. The molecule has 0 unspecified atom stereocenters. The van der Waals surface area contributed by atoms with Crippen LogP contribution in [0.5, 0.6) is 11.6 Å². The molecule has 0 aromatic carbocycles. The van der Waals surface area contributed by atoms with Gasteiger partial charge in [-0.05, 0) is 12.1 Å². The van der Waals surface area contributed by atoms with E-state index in [1.807, 2.05) is 6.07 Å². The van der Waals surface area contributed by atoms with Crippen molar-refractivity contribution >= 4 is 21.5 Å². The predicted molar refractivity (Wildman–Crippen MR) is 92.6 cm³/mol. The number of anilines is 1. The van der Waals surface area contributed by atoms with Gasteiger partial charge in [-0.25, -0.2) is 9.37 Å². The minimum Gasteiger partial charge on any atom is -0.497 e. The van der Waals surface area contributed by atoms with Crippen LogP contribution in [-0.2, 0) is 16.4 Å². The van der Waals surface area contributed by atoms with Crippen molar-refractivity contribution in [3.8, 4) is 17.7 Å². The summed E-state index contributed by atoms with van der Waals surface area (Å²) in [5.74, 6) is -1.01. The number of sulfonamides is 1. The molecule has 0 bridgehead atoms. The van der Waals surface area contributed by atoms with Gasteiger partial charge in [0.25, 0.3) is 10.0 Å². The van der Waals surface area contributed by atoms with E-state index in [0.29, 0.717) is 11.4 Å². The molecule has 0 amide bonds. The van der Waals surface area contributed by atoms with Crippen molar-refractivity contribution < 1.29 is 22.3 Å². The lowest BCUT2D eigenvalue weighted by atomic mass is 10.2. The van der Waals surface area contributed by atoms with Crippen molar-refractivity contribution in [2.45, 2.75) is 11.4 Å². The van der Waals surface area contributed by atoms with Gasteiger partial charge in [0, 0.05) is 17.8 Å². The summed E-state index contributed by atoms with van der Waals surface area (Å²) in [5, 5.41) is 8.56. The highest BCUT2D eigenvalue weighted by Gasteiger charge is 2.23. The molecule has 0 aliphatic rings. The molecule has 0 radical (unpaired) electrons. The van der Waals surface area contributed by atoms with Crippen LogP contribution in [0.15, 0.2) is 35.6 Å². The Hall–Kier alpha value is -3.39. The van der Waals surface area contributed by atoms with Gasteiger partial charge < -0.3 is 9.47 Å². The number of fused-ring (bicyclic) bond motifs is 1. The summed E-state index contributed by atoms with van der Waals surface area (Å²) in [5.41, 5.74) is 0.549. The second kappa shape index (κ2) is 7.08. The molecule has 9 nitrogen and oxygen atoms in total. The maximum Gasteiger partial charge on any atom is 0.280 e. The fraction of sp³-hybridized carbons (Fsp3) is 0.188. The quantitative estimate of drug-likeness (QED) is 0.680. The van der Waals surface area contributed by atoms with Gasteiger partial charge in [-0.1, -0.05) is 0 Å². The zero-order chi connectivity index (χ0) is 19.6. The Bertz CT molecular complexity index is 1150. The minimum atomic E-state index is -4.20. The fourth-order valence-electron chi connectivity index (χ4n) is 2.41. The Kier molecular flexibility index (Phi) is 4.83. The van der Waals surface area contributed by atoms with Gasteiger partial charge in [0.05, 0.1) is 32.9 Å². The van der Waals surface area contributed by atoms with Gasteiger partial charge in [-0.2, -0.15) is 18.7 Å². The molecule has 3 heterocycles. The number of pyridine rings is 2. The Labute approximate surface area is 154 Å². The van der Waals surface area contributed by atoms with Gasteiger partial charge in [0.2, 0.25) is 5.88 Å². The first-order valence-electron chi connectivity index (χ1n) is 7.54. The summed E-state index contributed by atoms with van der Waals surface area (Å²) in [7, 11) is -1.44. The molecular formula is C16H14FN5O4S. The number of rotatable bonds is 6. The summed E-state index contributed by atoms with van der Waals surface area (Å²) in [6.45, 7) is 0. The van der Waals surface area contributed by atoms with E-state index in [4.69, 9.17) is 14.7 Å². The van der Waals surface area contributed by atoms with E-state index in [1.165, 1.54) is 24.8 Å². The SMILES string of the molecule is COc1ccn2c(S(=O)(=O)Nc3nc(OC)c(CC#N)cc3F)cnc2c1. The number of hydrogen-bond acceptors (Lipinski definition) is 7. The molecule has 3 aromatic heterocycles. The van der Waals surface area contributed by atoms with Crippen molar-refractivity contribution in [3.05, 3.63) is 42.0 Å². The number of nitrogens with zero attached hydrogens (tertiary/aromatic N) is 4. The summed E-state index contributed by atoms with van der Waals surface area (Å²) in [4.78, 5) is 7.84. The molecule has 0 aliphatic carbocycles. The average Bonchev–Trinajstić information content (AvgIpc) is 3.08. The lowest BCUT2D eigenvalue weighted by Crippen LogP contribution is -2.17. The van der Waals surface area contributed by atoms with Crippen LogP contribution in [-0.4, -0.2) is 37.0 Å². The van der Waals surface area contributed by atoms with Crippen LogP contribution >= 0.6 is 0 Å². The summed E-state index contributed by atoms with van der Waals surface area (Å²) in [6.07, 6.45) is 2.47. The van der Waals surface area contributed by atoms with Crippen LogP contribution in [0.25, 0.3) is 5.65 Å². The number of nitriles is 1. The lowest BCUT2D eigenvalue weighted by molar-refractivity contribution is 0.392. The molecule has 27 heavy (non-hydrogen) atoms. The van der Waals surface area contributed by atoms with Crippen molar-refractivity contribution in [2.75, 3.05) is 18.9 Å². The molecule has 11 heteroatoms. The monoisotopic (exact) mass is 391 g/mol. The van der Waals surface area contributed by atoms with Crippen LogP contribution in [0.2, 0.25) is 0 Å². The first-order chi connectivity index (χ1) is 12.9. The number of imidazole rings is 1. The maximum absolute atomic E-state index is 14.3. The third-order valence-electron chi connectivity index (χ3n) is 3.67. The third kappa shape index (κ3) is 3.47. The molecule has 0 fully saturated rings.